The second kappa shape index (κ2) is 6.45. The number of nitrogens with two attached hydrogens (primary N) is 1. The van der Waals surface area contributed by atoms with Gasteiger partial charge in [0, 0.05) is 19.2 Å². The average molecular weight is 373 g/mol. The lowest BCUT2D eigenvalue weighted by Gasteiger charge is -2.06. The molecule has 0 aliphatic rings. The SMILES string of the molecule is CCn1c(Cn2cc(Cc3cc(N)nc4n[nH]nc34)cn2)nc2ccccc21. The number of nitrogens with one attached hydrogen (secondary N) is 1. The van der Waals surface area contributed by atoms with Crippen molar-refractivity contribution in [2.45, 2.75) is 26.4 Å². The first-order valence-corrected chi connectivity index (χ1v) is 9.12. The highest BCUT2D eigenvalue weighted by molar-refractivity contribution is 5.76. The van der Waals surface area contributed by atoms with Gasteiger partial charge in [-0.25, -0.2) is 9.97 Å². The molecule has 0 aliphatic heterocycles. The number of hydrogen-bond donors (Lipinski definition) is 2. The predicted octanol–water partition coefficient (Wildman–Crippen LogP) is 2.14. The fourth-order valence-corrected chi connectivity index (χ4v) is 3.60. The van der Waals surface area contributed by atoms with E-state index in [1.165, 1.54) is 0 Å². The largest absolute Gasteiger partial charge is 0.384 e. The number of hydrogen-bond acceptors (Lipinski definition) is 6. The van der Waals surface area contributed by atoms with Gasteiger partial charge in [-0.3, -0.25) is 4.68 Å². The molecule has 0 radical (unpaired) electrons. The number of anilines is 1. The fourth-order valence-electron chi connectivity index (χ4n) is 3.60. The van der Waals surface area contributed by atoms with Crippen LogP contribution in [0.3, 0.4) is 0 Å². The molecule has 1 aromatic carbocycles. The van der Waals surface area contributed by atoms with E-state index in [4.69, 9.17) is 10.7 Å². The molecule has 140 valence electrons. The highest BCUT2D eigenvalue weighted by Gasteiger charge is 2.12. The van der Waals surface area contributed by atoms with Gasteiger partial charge in [-0.1, -0.05) is 12.1 Å². The molecule has 0 aliphatic carbocycles. The van der Waals surface area contributed by atoms with E-state index in [1.54, 1.807) is 0 Å². The van der Waals surface area contributed by atoms with Crippen LogP contribution >= 0.6 is 0 Å². The first-order valence-electron chi connectivity index (χ1n) is 9.12. The summed E-state index contributed by atoms with van der Waals surface area (Å²) in [5.74, 6) is 1.42. The third-order valence-corrected chi connectivity index (χ3v) is 4.83. The zero-order valence-corrected chi connectivity index (χ0v) is 15.4. The summed E-state index contributed by atoms with van der Waals surface area (Å²) in [5, 5.41) is 15.3. The van der Waals surface area contributed by atoms with E-state index in [2.05, 4.69) is 43.1 Å². The molecule has 4 heterocycles. The van der Waals surface area contributed by atoms with Gasteiger partial charge in [0.25, 0.3) is 0 Å². The van der Waals surface area contributed by atoms with E-state index in [-0.39, 0.29) is 0 Å². The molecule has 9 nitrogen and oxygen atoms in total. The van der Waals surface area contributed by atoms with Crippen LogP contribution in [0.15, 0.2) is 42.7 Å². The smallest absolute Gasteiger partial charge is 0.203 e. The van der Waals surface area contributed by atoms with E-state index in [0.717, 1.165) is 40.0 Å². The number of imidazole rings is 1. The summed E-state index contributed by atoms with van der Waals surface area (Å²) in [4.78, 5) is 8.95. The van der Waals surface area contributed by atoms with Crippen LogP contribution in [0.2, 0.25) is 0 Å². The Labute approximate surface area is 160 Å². The van der Waals surface area contributed by atoms with Gasteiger partial charge in [0.15, 0.2) is 0 Å². The van der Waals surface area contributed by atoms with Crippen molar-refractivity contribution < 1.29 is 0 Å². The first kappa shape index (κ1) is 16.4. The van der Waals surface area contributed by atoms with Crippen molar-refractivity contribution in [3.63, 3.8) is 0 Å². The number of nitrogen functional groups attached to an aromatic ring is 1. The summed E-state index contributed by atoms with van der Waals surface area (Å²) in [6, 6.07) is 10.0. The minimum atomic E-state index is 0.431. The topological polar surface area (TPSA) is 116 Å². The number of benzene rings is 1. The maximum atomic E-state index is 5.89. The maximum Gasteiger partial charge on any atom is 0.203 e. The highest BCUT2D eigenvalue weighted by atomic mass is 15.3. The summed E-state index contributed by atoms with van der Waals surface area (Å²) in [7, 11) is 0. The molecule has 3 N–H and O–H groups in total. The fraction of sp³-hybridized carbons (Fsp3) is 0.211. The number of pyridine rings is 1. The van der Waals surface area contributed by atoms with E-state index >= 15 is 0 Å². The second-order valence-corrected chi connectivity index (χ2v) is 6.69. The molecular weight excluding hydrogens is 354 g/mol. The van der Waals surface area contributed by atoms with Gasteiger partial charge in [0.1, 0.15) is 17.2 Å². The molecule has 0 saturated heterocycles. The normalized spacial score (nSPS) is 11.6. The van der Waals surface area contributed by atoms with Gasteiger partial charge < -0.3 is 10.3 Å². The van der Waals surface area contributed by atoms with Crippen molar-refractivity contribution in [3.8, 4) is 0 Å². The second-order valence-electron chi connectivity index (χ2n) is 6.69. The Morgan fingerprint density at radius 1 is 1.14 bits per heavy atom. The Morgan fingerprint density at radius 3 is 2.93 bits per heavy atom. The first-order chi connectivity index (χ1) is 13.7. The quantitative estimate of drug-likeness (QED) is 0.487. The minimum absolute atomic E-state index is 0.431. The van der Waals surface area contributed by atoms with Crippen molar-refractivity contribution in [1.82, 2.24) is 39.7 Å². The van der Waals surface area contributed by atoms with Crippen LogP contribution in [0.5, 0.6) is 0 Å². The lowest BCUT2D eigenvalue weighted by molar-refractivity contribution is 0.614. The zero-order valence-electron chi connectivity index (χ0n) is 15.4. The van der Waals surface area contributed by atoms with Crippen LogP contribution in [0, 0.1) is 0 Å². The summed E-state index contributed by atoms with van der Waals surface area (Å²) < 4.78 is 4.13. The molecule has 0 unspecified atom stereocenters. The number of rotatable bonds is 5. The molecule has 0 atom stereocenters. The van der Waals surface area contributed by atoms with Crippen molar-refractivity contribution >= 4 is 28.0 Å². The van der Waals surface area contributed by atoms with Crippen molar-refractivity contribution in [3.05, 3.63) is 59.7 Å². The van der Waals surface area contributed by atoms with Crippen molar-refractivity contribution in [2.24, 2.45) is 0 Å². The Kier molecular flexibility index (Phi) is 3.78. The molecule has 5 rings (SSSR count). The monoisotopic (exact) mass is 373 g/mol. The number of aromatic amines is 1. The van der Waals surface area contributed by atoms with Crippen LogP contribution in [-0.4, -0.2) is 39.7 Å². The van der Waals surface area contributed by atoms with Crippen LogP contribution in [0.25, 0.3) is 22.2 Å². The van der Waals surface area contributed by atoms with E-state index in [0.29, 0.717) is 24.4 Å². The molecule has 0 amide bonds. The molecular formula is C19H19N9. The number of fused-ring (bicyclic) bond motifs is 2. The average Bonchev–Trinajstić information content (AvgIpc) is 3.40. The number of H-pyrrole nitrogens is 1. The van der Waals surface area contributed by atoms with Crippen molar-refractivity contribution in [2.75, 3.05) is 5.73 Å². The summed E-state index contributed by atoms with van der Waals surface area (Å²) in [5.41, 5.74) is 11.3. The lowest BCUT2D eigenvalue weighted by atomic mass is 10.1. The van der Waals surface area contributed by atoms with Gasteiger partial charge in [-0.2, -0.15) is 15.4 Å². The van der Waals surface area contributed by atoms with Crippen molar-refractivity contribution in [1.29, 1.82) is 0 Å². The zero-order chi connectivity index (χ0) is 19.1. The molecule has 9 heteroatoms. The number of para-hydroxylation sites is 2. The van der Waals surface area contributed by atoms with Crippen LogP contribution in [0.4, 0.5) is 5.82 Å². The Bertz CT molecular complexity index is 1280. The van der Waals surface area contributed by atoms with E-state index < -0.39 is 0 Å². The minimum Gasteiger partial charge on any atom is -0.384 e. The third-order valence-electron chi connectivity index (χ3n) is 4.83. The van der Waals surface area contributed by atoms with Crippen LogP contribution < -0.4 is 5.73 Å². The van der Waals surface area contributed by atoms with Crippen LogP contribution in [0.1, 0.15) is 23.9 Å². The van der Waals surface area contributed by atoms with Gasteiger partial charge in [0.2, 0.25) is 5.65 Å². The van der Waals surface area contributed by atoms with Gasteiger partial charge in [-0.15, -0.1) is 5.10 Å². The molecule has 28 heavy (non-hydrogen) atoms. The van der Waals surface area contributed by atoms with Gasteiger partial charge in [0.05, 0.1) is 23.8 Å². The third kappa shape index (κ3) is 2.77. The number of aromatic nitrogens is 8. The summed E-state index contributed by atoms with van der Waals surface area (Å²) >= 11 is 0. The lowest BCUT2D eigenvalue weighted by Crippen LogP contribution is -2.08. The molecule has 0 saturated carbocycles. The molecule has 0 bridgehead atoms. The van der Waals surface area contributed by atoms with E-state index in [9.17, 15) is 0 Å². The Hall–Kier alpha value is -3.75. The van der Waals surface area contributed by atoms with Gasteiger partial charge in [-0.05, 0) is 36.2 Å². The Balaban J connectivity index is 1.43. The standard InChI is InChI=1S/C19H19N9/c1-2-28-15-6-4-3-5-14(15)22-17(28)11-27-10-12(9-21-27)7-13-8-16(20)23-19-18(13)24-26-25-19/h3-6,8-10H,2,7,11H2,1H3,(H3,20,23,24,25,26). The predicted molar refractivity (Wildman–Crippen MR) is 106 cm³/mol. The van der Waals surface area contributed by atoms with E-state index in [1.807, 2.05) is 41.3 Å². The molecule has 0 spiro atoms. The molecule has 4 aromatic heterocycles. The molecule has 5 aromatic rings. The summed E-state index contributed by atoms with van der Waals surface area (Å²) in [6.45, 7) is 3.61. The highest BCUT2D eigenvalue weighted by Crippen LogP contribution is 2.20. The Morgan fingerprint density at radius 2 is 2.04 bits per heavy atom. The molecule has 0 fully saturated rings. The summed E-state index contributed by atoms with van der Waals surface area (Å²) in [6.07, 6.45) is 4.54. The van der Waals surface area contributed by atoms with Gasteiger partial charge >= 0.3 is 0 Å². The number of nitrogens with zero attached hydrogens (tertiary/aromatic N) is 7. The van der Waals surface area contributed by atoms with Crippen LogP contribution in [-0.2, 0) is 19.5 Å². The number of aryl methyl sites for hydroxylation is 1. The maximum absolute atomic E-state index is 5.89.